The highest BCUT2D eigenvalue weighted by Gasteiger charge is 2.54. The quantitative estimate of drug-likeness (QED) is 0.648. The molecule has 1 N–H and O–H groups in total. The van der Waals surface area contributed by atoms with E-state index in [0.29, 0.717) is 24.4 Å². The van der Waals surface area contributed by atoms with Crippen molar-refractivity contribution >= 4 is 11.7 Å². The Morgan fingerprint density at radius 2 is 1.69 bits per heavy atom. The van der Waals surface area contributed by atoms with Crippen LogP contribution in [0.1, 0.15) is 73.3 Å². The van der Waals surface area contributed by atoms with Crippen LogP contribution in [-0.4, -0.2) is 63.4 Å². The van der Waals surface area contributed by atoms with Crippen LogP contribution >= 0.6 is 0 Å². The van der Waals surface area contributed by atoms with Gasteiger partial charge in [-0.15, -0.1) is 0 Å². The first kappa shape index (κ1) is 22.7. The molecule has 4 bridgehead atoms. The van der Waals surface area contributed by atoms with Crippen LogP contribution in [0.5, 0.6) is 0 Å². The Morgan fingerprint density at radius 3 is 2.28 bits per heavy atom. The van der Waals surface area contributed by atoms with Gasteiger partial charge in [-0.3, -0.25) is 9.69 Å². The van der Waals surface area contributed by atoms with E-state index in [0.717, 1.165) is 35.5 Å². The molecular formula is C26H32F3N5O2. The van der Waals surface area contributed by atoms with E-state index in [9.17, 15) is 18.0 Å². The summed E-state index contributed by atoms with van der Waals surface area (Å²) in [5.41, 5.74) is 0.373. The molecule has 36 heavy (non-hydrogen) atoms. The van der Waals surface area contributed by atoms with Crippen LogP contribution in [-0.2, 0) is 0 Å². The van der Waals surface area contributed by atoms with E-state index in [4.69, 9.17) is 4.42 Å². The molecule has 1 saturated heterocycles. The van der Waals surface area contributed by atoms with Crippen LogP contribution in [0.2, 0.25) is 0 Å². The van der Waals surface area contributed by atoms with Gasteiger partial charge in [0.2, 0.25) is 0 Å². The summed E-state index contributed by atoms with van der Waals surface area (Å²) in [7, 11) is 0. The fourth-order valence-electron chi connectivity index (χ4n) is 8.35. The van der Waals surface area contributed by atoms with Crippen molar-refractivity contribution in [2.24, 2.45) is 17.8 Å². The molecule has 194 valence electrons. The third kappa shape index (κ3) is 3.66. The molecule has 1 amide bonds. The second-order valence-electron chi connectivity index (χ2n) is 11.8. The van der Waals surface area contributed by atoms with Gasteiger partial charge in [-0.2, -0.15) is 18.3 Å². The van der Waals surface area contributed by atoms with Gasteiger partial charge in [0.05, 0.1) is 12.3 Å². The molecule has 8 rings (SSSR count). The minimum atomic E-state index is -4.49. The highest BCUT2D eigenvalue weighted by atomic mass is 19.4. The van der Waals surface area contributed by atoms with Gasteiger partial charge in [0.15, 0.2) is 11.7 Å². The maximum absolute atomic E-state index is 13.9. The average molecular weight is 504 g/mol. The normalized spacial score (nSPS) is 36.1. The van der Waals surface area contributed by atoms with Gasteiger partial charge >= 0.3 is 6.18 Å². The first-order valence-electron chi connectivity index (χ1n) is 13.3. The predicted octanol–water partition coefficient (Wildman–Crippen LogP) is 4.86. The fraction of sp³-hybridized carbons (Fsp3) is 0.692. The SMILES string of the molecule is O=C(c1cc2n(n1)[C@@H](C(F)(F)F)C[C@H](c1ccco1)N2)N1CCN(C23CC4CC(CC(C4)C2)C3)CC1. The molecule has 0 radical (unpaired) electrons. The Hall–Kier alpha value is -2.49. The number of amides is 1. The zero-order chi connectivity index (χ0) is 24.7. The molecular weight excluding hydrogens is 471 g/mol. The van der Waals surface area contributed by atoms with E-state index in [1.165, 1.54) is 50.9 Å². The zero-order valence-electron chi connectivity index (χ0n) is 20.2. The summed E-state index contributed by atoms with van der Waals surface area (Å²) in [6, 6.07) is 2.32. The number of rotatable bonds is 3. The largest absolute Gasteiger partial charge is 0.467 e. The van der Waals surface area contributed by atoms with Crippen molar-refractivity contribution in [1.82, 2.24) is 19.6 Å². The average Bonchev–Trinajstić information content (AvgIpc) is 3.52. The van der Waals surface area contributed by atoms with Crippen molar-refractivity contribution in [3.63, 3.8) is 0 Å². The number of piperazine rings is 1. The molecule has 2 aromatic heterocycles. The number of fused-ring (bicyclic) bond motifs is 1. The van der Waals surface area contributed by atoms with Crippen molar-refractivity contribution in [2.75, 3.05) is 31.5 Å². The van der Waals surface area contributed by atoms with Gasteiger partial charge in [0.25, 0.3) is 5.91 Å². The highest BCUT2D eigenvalue weighted by molar-refractivity contribution is 5.93. The highest BCUT2D eigenvalue weighted by Crippen LogP contribution is 2.58. The molecule has 10 heteroatoms. The number of nitrogens with zero attached hydrogens (tertiary/aromatic N) is 4. The summed E-state index contributed by atoms with van der Waals surface area (Å²) < 4.78 is 48.1. The Labute approximate surface area is 208 Å². The van der Waals surface area contributed by atoms with E-state index in [-0.39, 0.29) is 23.8 Å². The maximum atomic E-state index is 13.9. The summed E-state index contributed by atoms with van der Waals surface area (Å²) in [5.74, 6) is 2.94. The number of hydrogen-bond donors (Lipinski definition) is 1. The van der Waals surface area contributed by atoms with Crippen LogP contribution in [0.3, 0.4) is 0 Å². The predicted molar refractivity (Wildman–Crippen MR) is 125 cm³/mol. The third-order valence-corrected chi connectivity index (χ3v) is 9.54. The monoisotopic (exact) mass is 503 g/mol. The van der Waals surface area contributed by atoms with Crippen LogP contribution in [0.4, 0.5) is 19.0 Å². The minimum Gasteiger partial charge on any atom is -0.467 e. The second kappa shape index (κ2) is 8.00. The minimum absolute atomic E-state index is 0.0649. The lowest BCUT2D eigenvalue weighted by Crippen LogP contribution is -2.64. The molecule has 5 fully saturated rings. The molecule has 4 aliphatic carbocycles. The van der Waals surface area contributed by atoms with Gasteiger partial charge in [0, 0.05) is 44.2 Å². The van der Waals surface area contributed by atoms with Crippen molar-refractivity contribution in [3.8, 4) is 0 Å². The van der Waals surface area contributed by atoms with Crippen LogP contribution in [0, 0.1) is 17.8 Å². The number of anilines is 1. The number of aromatic nitrogens is 2. The number of carbonyl (C=O) groups is 1. The molecule has 6 aliphatic rings. The third-order valence-electron chi connectivity index (χ3n) is 9.54. The van der Waals surface area contributed by atoms with Crippen molar-refractivity contribution in [1.29, 1.82) is 0 Å². The maximum Gasteiger partial charge on any atom is 0.410 e. The lowest BCUT2D eigenvalue weighted by molar-refractivity contribution is -0.174. The van der Waals surface area contributed by atoms with Gasteiger partial charge in [-0.25, -0.2) is 4.68 Å². The van der Waals surface area contributed by atoms with Crippen molar-refractivity contribution < 1.29 is 22.4 Å². The van der Waals surface area contributed by atoms with E-state index in [1.54, 1.807) is 17.0 Å². The first-order chi connectivity index (χ1) is 17.3. The second-order valence-corrected chi connectivity index (χ2v) is 11.8. The molecule has 4 heterocycles. The molecule has 2 atom stereocenters. The van der Waals surface area contributed by atoms with Crippen LogP contribution < -0.4 is 5.32 Å². The van der Waals surface area contributed by atoms with E-state index < -0.39 is 18.3 Å². The van der Waals surface area contributed by atoms with Gasteiger partial charge < -0.3 is 14.6 Å². The van der Waals surface area contributed by atoms with Crippen LogP contribution in [0.25, 0.3) is 0 Å². The number of furan rings is 1. The van der Waals surface area contributed by atoms with Gasteiger partial charge in [-0.05, 0) is 68.4 Å². The number of carbonyl (C=O) groups excluding carboxylic acids is 1. The number of hydrogen-bond acceptors (Lipinski definition) is 5. The standard InChI is InChI=1S/C26H32F3N5O2/c27-26(28,29)22-11-19(21-2-1-7-36-21)30-23-12-20(31-34(22)23)24(35)32-3-5-33(6-4-32)25-13-16-8-17(14-25)10-18(9-16)15-25/h1-2,7,12,16-19,22,30H,3-6,8-11,13-15H2/t16?,17?,18?,19-,22-,25?/m1/s1. The van der Waals surface area contributed by atoms with Crippen molar-refractivity contribution in [2.45, 2.75) is 68.7 Å². The molecule has 0 aromatic carbocycles. The van der Waals surface area contributed by atoms with Gasteiger partial charge in [0.1, 0.15) is 11.6 Å². The Kier molecular flexibility index (Phi) is 5.04. The van der Waals surface area contributed by atoms with Crippen molar-refractivity contribution in [3.05, 3.63) is 35.9 Å². The molecule has 2 aromatic rings. The number of alkyl halides is 3. The summed E-state index contributed by atoms with van der Waals surface area (Å²) in [4.78, 5) is 17.7. The zero-order valence-corrected chi connectivity index (χ0v) is 20.2. The van der Waals surface area contributed by atoms with E-state index in [2.05, 4.69) is 15.3 Å². The molecule has 0 spiro atoms. The van der Waals surface area contributed by atoms with E-state index >= 15 is 0 Å². The molecule has 0 unspecified atom stereocenters. The Balaban J connectivity index is 1.07. The molecule has 4 saturated carbocycles. The fourth-order valence-corrected chi connectivity index (χ4v) is 8.35. The lowest BCUT2D eigenvalue weighted by Gasteiger charge is -2.61. The Bertz CT molecular complexity index is 1100. The number of nitrogens with one attached hydrogen (secondary N) is 1. The number of halogens is 3. The Morgan fingerprint density at radius 1 is 1.03 bits per heavy atom. The van der Waals surface area contributed by atoms with E-state index in [1.807, 2.05) is 0 Å². The summed E-state index contributed by atoms with van der Waals surface area (Å²) >= 11 is 0. The molecule has 7 nitrogen and oxygen atoms in total. The topological polar surface area (TPSA) is 66.5 Å². The van der Waals surface area contributed by atoms with Gasteiger partial charge in [-0.1, -0.05) is 0 Å². The summed E-state index contributed by atoms with van der Waals surface area (Å²) in [6.45, 7) is 2.84. The molecule has 2 aliphatic heterocycles. The first-order valence-corrected chi connectivity index (χ1v) is 13.3. The smallest absolute Gasteiger partial charge is 0.410 e. The van der Waals surface area contributed by atoms with Crippen LogP contribution in [0.15, 0.2) is 28.9 Å². The lowest BCUT2D eigenvalue weighted by atomic mass is 9.52. The summed E-state index contributed by atoms with van der Waals surface area (Å²) in [6.07, 6.45) is 4.79. The summed E-state index contributed by atoms with van der Waals surface area (Å²) in [5, 5.41) is 7.25.